The molecule has 0 aliphatic heterocycles. The van der Waals surface area contributed by atoms with E-state index in [1.807, 2.05) is 0 Å². The number of ketones is 2. The van der Waals surface area contributed by atoms with Gasteiger partial charge in [0.2, 0.25) is 0 Å². The minimum atomic E-state index is -0.624. The molecule has 0 aromatic rings. The lowest BCUT2D eigenvalue weighted by molar-refractivity contribution is -0.117. The van der Waals surface area contributed by atoms with Gasteiger partial charge in [0.1, 0.15) is 0 Å². The van der Waals surface area contributed by atoms with Gasteiger partial charge in [-0.1, -0.05) is 32.4 Å². The van der Waals surface area contributed by atoms with Gasteiger partial charge in [-0.3, -0.25) is 9.59 Å². The van der Waals surface area contributed by atoms with Crippen molar-refractivity contribution in [1.82, 2.24) is 0 Å². The first-order valence-electron chi connectivity index (χ1n) is 9.07. The van der Waals surface area contributed by atoms with E-state index in [4.69, 9.17) is 0 Å². The molecule has 0 heterocycles. The SMILES string of the molecule is C=CC(=O)CC(O)CCC1(CCC(O)CC(=O)C=C)CCCCC1. The highest BCUT2D eigenvalue weighted by Gasteiger charge is 2.32. The lowest BCUT2D eigenvalue weighted by Crippen LogP contribution is -2.28. The second kappa shape index (κ2) is 10.6. The monoisotopic (exact) mass is 336 g/mol. The van der Waals surface area contributed by atoms with E-state index in [1.165, 1.54) is 31.4 Å². The number of allylic oxidation sites excluding steroid dienone is 2. The van der Waals surface area contributed by atoms with Crippen molar-refractivity contribution in [2.24, 2.45) is 5.41 Å². The summed E-state index contributed by atoms with van der Waals surface area (Å²) in [4.78, 5) is 22.7. The summed E-state index contributed by atoms with van der Waals surface area (Å²) < 4.78 is 0. The predicted octanol–water partition coefficient (Wildman–Crippen LogP) is 3.51. The highest BCUT2D eigenvalue weighted by Crippen LogP contribution is 2.44. The number of hydrogen-bond acceptors (Lipinski definition) is 4. The molecule has 2 N–H and O–H groups in total. The molecule has 0 saturated heterocycles. The van der Waals surface area contributed by atoms with Crippen LogP contribution in [0.25, 0.3) is 0 Å². The fraction of sp³-hybridized carbons (Fsp3) is 0.700. The van der Waals surface area contributed by atoms with Gasteiger partial charge in [-0.2, -0.15) is 0 Å². The highest BCUT2D eigenvalue weighted by atomic mass is 16.3. The van der Waals surface area contributed by atoms with Crippen LogP contribution in [-0.2, 0) is 9.59 Å². The first-order valence-corrected chi connectivity index (χ1v) is 9.07. The van der Waals surface area contributed by atoms with E-state index in [9.17, 15) is 19.8 Å². The normalized spacial score (nSPS) is 19.2. The van der Waals surface area contributed by atoms with Crippen LogP contribution in [0.1, 0.15) is 70.6 Å². The van der Waals surface area contributed by atoms with Gasteiger partial charge in [-0.05, 0) is 56.1 Å². The van der Waals surface area contributed by atoms with E-state index < -0.39 is 12.2 Å². The van der Waals surface area contributed by atoms with Crippen LogP contribution in [0.3, 0.4) is 0 Å². The molecule has 2 atom stereocenters. The lowest BCUT2D eigenvalue weighted by atomic mass is 9.67. The number of carbonyl (C=O) groups is 2. The average Bonchev–Trinajstić information content (AvgIpc) is 2.59. The summed E-state index contributed by atoms with van der Waals surface area (Å²) >= 11 is 0. The first-order chi connectivity index (χ1) is 11.4. The Morgan fingerprint density at radius 1 is 0.875 bits per heavy atom. The molecule has 1 rings (SSSR count). The maximum absolute atomic E-state index is 11.3. The molecule has 1 aliphatic rings. The second-order valence-electron chi connectivity index (χ2n) is 7.19. The van der Waals surface area contributed by atoms with Crippen LogP contribution in [0, 0.1) is 5.41 Å². The van der Waals surface area contributed by atoms with E-state index in [-0.39, 0.29) is 29.8 Å². The highest BCUT2D eigenvalue weighted by molar-refractivity contribution is 5.89. The smallest absolute Gasteiger partial charge is 0.157 e. The molecule has 1 aliphatic carbocycles. The van der Waals surface area contributed by atoms with Crippen LogP contribution in [-0.4, -0.2) is 34.0 Å². The Morgan fingerprint density at radius 2 is 1.29 bits per heavy atom. The van der Waals surface area contributed by atoms with Crippen molar-refractivity contribution in [3.05, 3.63) is 25.3 Å². The van der Waals surface area contributed by atoms with Crippen molar-refractivity contribution >= 4 is 11.6 Å². The number of carbonyl (C=O) groups excluding carboxylic acids is 2. The fourth-order valence-corrected chi connectivity index (χ4v) is 3.71. The van der Waals surface area contributed by atoms with Crippen LogP contribution in [0.4, 0.5) is 0 Å². The van der Waals surface area contributed by atoms with Crippen molar-refractivity contribution in [3.8, 4) is 0 Å². The third kappa shape index (κ3) is 7.54. The standard InChI is InChI=1S/C20H32O4/c1-3-16(21)14-18(23)8-12-20(10-6-5-7-11-20)13-9-19(24)15-17(22)4-2/h3-4,18-19,23-24H,1-2,5-15H2. The Bertz CT molecular complexity index is 401. The van der Waals surface area contributed by atoms with Crippen LogP contribution in [0.5, 0.6) is 0 Å². The van der Waals surface area contributed by atoms with Crippen molar-refractivity contribution in [2.45, 2.75) is 82.8 Å². The van der Waals surface area contributed by atoms with Crippen molar-refractivity contribution in [3.63, 3.8) is 0 Å². The number of aliphatic hydroxyl groups is 2. The molecule has 0 amide bonds. The minimum Gasteiger partial charge on any atom is -0.393 e. The van der Waals surface area contributed by atoms with Gasteiger partial charge in [0.15, 0.2) is 11.6 Å². The Morgan fingerprint density at radius 3 is 1.67 bits per heavy atom. The summed E-state index contributed by atoms with van der Waals surface area (Å²) in [6.07, 6.45) is 10.2. The van der Waals surface area contributed by atoms with E-state index in [1.54, 1.807) is 0 Å². The average molecular weight is 336 g/mol. The maximum Gasteiger partial charge on any atom is 0.157 e. The molecule has 4 nitrogen and oxygen atoms in total. The van der Waals surface area contributed by atoms with Crippen molar-refractivity contribution in [1.29, 1.82) is 0 Å². The summed E-state index contributed by atoms with van der Waals surface area (Å²) in [6, 6.07) is 0. The molecule has 0 bridgehead atoms. The zero-order valence-electron chi connectivity index (χ0n) is 14.7. The van der Waals surface area contributed by atoms with E-state index in [2.05, 4.69) is 13.2 Å². The van der Waals surface area contributed by atoms with Gasteiger partial charge >= 0.3 is 0 Å². The Labute approximate surface area is 145 Å². The molecule has 136 valence electrons. The molecule has 0 radical (unpaired) electrons. The largest absolute Gasteiger partial charge is 0.393 e. The van der Waals surface area contributed by atoms with Gasteiger partial charge in [0.25, 0.3) is 0 Å². The molecule has 1 saturated carbocycles. The van der Waals surface area contributed by atoms with E-state index in [0.717, 1.165) is 25.7 Å². The predicted molar refractivity (Wildman–Crippen MR) is 95.6 cm³/mol. The molecule has 2 unspecified atom stereocenters. The zero-order chi connectivity index (χ0) is 18.0. The quantitative estimate of drug-likeness (QED) is 0.535. The summed E-state index contributed by atoms with van der Waals surface area (Å²) in [5, 5.41) is 20.1. The molecule has 1 fully saturated rings. The Kier molecular flexibility index (Phi) is 9.16. The van der Waals surface area contributed by atoms with Crippen LogP contribution in [0.15, 0.2) is 25.3 Å². The molecule has 4 heteroatoms. The second-order valence-corrected chi connectivity index (χ2v) is 7.19. The van der Waals surface area contributed by atoms with Crippen LogP contribution >= 0.6 is 0 Å². The lowest BCUT2D eigenvalue weighted by Gasteiger charge is -2.38. The number of aliphatic hydroxyl groups excluding tert-OH is 2. The number of hydrogen-bond donors (Lipinski definition) is 2. The number of rotatable bonds is 12. The zero-order valence-corrected chi connectivity index (χ0v) is 14.7. The first kappa shape index (κ1) is 20.8. The molecular formula is C20H32O4. The van der Waals surface area contributed by atoms with Crippen molar-refractivity contribution < 1.29 is 19.8 Å². The summed E-state index contributed by atoms with van der Waals surface area (Å²) in [5.41, 5.74) is 0.120. The van der Waals surface area contributed by atoms with Gasteiger partial charge in [-0.15, -0.1) is 0 Å². The van der Waals surface area contributed by atoms with E-state index >= 15 is 0 Å². The Balaban J connectivity index is 2.52. The summed E-state index contributed by atoms with van der Waals surface area (Å²) in [5.74, 6) is -0.253. The molecular weight excluding hydrogens is 304 g/mol. The topological polar surface area (TPSA) is 74.6 Å². The van der Waals surface area contributed by atoms with E-state index in [0.29, 0.717) is 12.8 Å². The summed E-state index contributed by atoms with van der Waals surface area (Å²) in [7, 11) is 0. The summed E-state index contributed by atoms with van der Waals surface area (Å²) in [6.45, 7) is 6.87. The van der Waals surface area contributed by atoms with Crippen LogP contribution in [0.2, 0.25) is 0 Å². The minimum absolute atomic E-state index is 0.120. The third-order valence-electron chi connectivity index (χ3n) is 5.26. The molecule has 0 aromatic carbocycles. The molecule has 24 heavy (non-hydrogen) atoms. The van der Waals surface area contributed by atoms with Gasteiger partial charge in [0, 0.05) is 12.8 Å². The van der Waals surface area contributed by atoms with Gasteiger partial charge < -0.3 is 10.2 Å². The van der Waals surface area contributed by atoms with Crippen molar-refractivity contribution in [2.75, 3.05) is 0 Å². The molecule has 0 aromatic heterocycles. The molecule has 0 spiro atoms. The third-order valence-corrected chi connectivity index (χ3v) is 5.26. The van der Waals surface area contributed by atoms with Crippen LogP contribution < -0.4 is 0 Å². The Hall–Kier alpha value is -1.26. The maximum atomic E-state index is 11.3. The van der Waals surface area contributed by atoms with Gasteiger partial charge in [0.05, 0.1) is 12.2 Å². The fourth-order valence-electron chi connectivity index (χ4n) is 3.71. The van der Waals surface area contributed by atoms with Gasteiger partial charge in [-0.25, -0.2) is 0 Å².